The van der Waals surface area contributed by atoms with Gasteiger partial charge in [-0.1, -0.05) is 63.9 Å². The Hall–Kier alpha value is -1.18. The molecular formula is C24H36O2. The van der Waals surface area contributed by atoms with Crippen LogP contribution in [-0.2, 0) is 0 Å². The highest BCUT2D eigenvalue weighted by molar-refractivity contribution is 5.57. The van der Waals surface area contributed by atoms with E-state index in [1.165, 1.54) is 102 Å². The average molecular weight is 357 g/mol. The lowest BCUT2D eigenvalue weighted by Gasteiger charge is -2.32. The molecule has 0 saturated heterocycles. The van der Waals surface area contributed by atoms with E-state index < -0.39 is 0 Å². The van der Waals surface area contributed by atoms with Gasteiger partial charge in [0.15, 0.2) is 11.5 Å². The van der Waals surface area contributed by atoms with E-state index in [1.54, 1.807) is 0 Å². The Morgan fingerprint density at radius 1 is 0.500 bits per heavy atom. The van der Waals surface area contributed by atoms with Gasteiger partial charge in [0.2, 0.25) is 0 Å². The Morgan fingerprint density at radius 2 is 0.923 bits per heavy atom. The first-order valence-corrected chi connectivity index (χ1v) is 11.3. The molecule has 2 heteroatoms. The van der Waals surface area contributed by atoms with Crippen LogP contribution in [0.1, 0.15) is 131 Å². The molecule has 3 aliphatic rings. The van der Waals surface area contributed by atoms with Gasteiger partial charge in [0.25, 0.3) is 0 Å². The second kappa shape index (κ2) is 8.23. The van der Waals surface area contributed by atoms with Crippen LogP contribution in [0, 0.1) is 0 Å². The molecular weight excluding hydrogens is 320 g/mol. The van der Waals surface area contributed by atoms with E-state index in [1.807, 2.05) is 0 Å². The van der Waals surface area contributed by atoms with Crippen LogP contribution in [0.25, 0.3) is 0 Å². The molecule has 3 aliphatic carbocycles. The maximum absolute atomic E-state index is 11.1. The molecule has 0 aromatic heterocycles. The summed E-state index contributed by atoms with van der Waals surface area (Å²) in [5.41, 5.74) is 3.60. The predicted molar refractivity (Wildman–Crippen MR) is 107 cm³/mol. The van der Waals surface area contributed by atoms with E-state index >= 15 is 0 Å². The minimum atomic E-state index is 0.219. The normalized spacial score (nSPS) is 24.0. The molecule has 3 fully saturated rings. The Bertz CT molecular complexity index is 603. The van der Waals surface area contributed by atoms with Crippen molar-refractivity contribution >= 4 is 0 Å². The summed E-state index contributed by atoms with van der Waals surface area (Å²) in [4.78, 5) is 0. The molecule has 1 aromatic rings. The summed E-state index contributed by atoms with van der Waals surface area (Å²) >= 11 is 0. The minimum Gasteiger partial charge on any atom is -0.504 e. The maximum Gasteiger partial charge on any atom is 0.161 e. The third kappa shape index (κ3) is 3.62. The largest absolute Gasteiger partial charge is 0.504 e. The Labute approximate surface area is 159 Å². The lowest BCUT2D eigenvalue weighted by Crippen LogP contribution is -2.14. The zero-order valence-corrected chi connectivity index (χ0v) is 16.3. The number of rotatable bonds is 3. The van der Waals surface area contributed by atoms with Crippen molar-refractivity contribution in [3.8, 4) is 11.5 Å². The molecule has 0 spiro atoms. The number of hydrogen-bond acceptors (Lipinski definition) is 2. The molecule has 3 saturated carbocycles. The maximum atomic E-state index is 11.1. The van der Waals surface area contributed by atoms with E-state index in [2.05, 4.69) is 6.07 Å². The molecule has 144 valence electrons. The van der Waals surface area contributed by atoms with E-state index in [-0.39, 0.29) is 11.5 Å². The number of hydrogen-bond donors (Lipinski definition) is 2. The molecule has 26 heavy (non-hydrogen) atoms. The predicted octanol–water partition coefficient (Wildman–Crippen LogP) is 7.24. The number of benzene rings is 1. The molecule has 0 unspecified atom stereocenters. The van der Waals surface area contributed by atoms with Gasteiger partial charge in [0, 0.05) is 11.1 Å². The number of phenolic OH excluding ortho intramolecular Hbond substituents is 2. The summed E-state index contributed by atoms with van der Waals surface area (Å²) in [5, 5.41) is 22.1. The number of phenols is 2. The SMILES string of the molecule is Oc1c(C2CCCCC2)cc(C2CCCCC2)c(C2CCCCC2)c1O. The van der Waals surface area contributed by atoms with Crippen LogP contribution in [0.3, 0.4) is 0 Å². The summed E-state index contributed by atoms with van der Waals surface area (Å²) in [6.45, 7) is 0. The summed E-state index contributed by atoms with van der Waals surface area (Å²) in [6.07, 6.45) is 18.9. The fourth-order valence-corrected chi connectivity index (χ4v) is 6.01. The van der Waals surface area contributed by atoms with Crippen LogP contribution in [0.4, 0.5) is 0 Å². The lowest BCUT2D eigenvalue weighted by molar-refractivity contribution is 0.359. The van der Waals surface area contributed by atoms with E-state index in [4.69, 9.17) is 0 Å². The molecule has 0 radical (unpaired) electrons. The molecule has 1 aromatic carbocycles. The minimum absolute atomic E-state index is 0.219. The van der Waals surface area contributed by atoms with Gasteiger partial charge < -0.3 is 10.2 Å². The van der Waals surface area contributed by atoms with Gasteiger partial charge in [0.1, 0.15) is 0 Å². The van der Waals surface area contributed by atoms with Gasteiger partial charge >= 0.3 is 0 Å². The molecule has 0 bridgehead atoms. The fourth-order valence-electron chi connectivity index (χ4n) is 6.01. The highest BCUT2D eigenvalue weighted by Crippen LogP contribution is 2.51. The molecule has 0 amide bonds. The highest BCUT2D eigenvalue weighted by atomic mass is 16.3. The van der Waals surface area contributed by atoms with Crippen LogP contribution in [-0.4, -0.2) is 10.2 Å². The van der Waals surface area contributed by atoms with Gasteiger partial charge in [0.05, 0.1) is 0 Å². The molecule has 0 heterocycles. The average Bonchev–Trinajstić information content (AvgIpc) is 2.72. The topological polar surface area (TPSA) is 40.5 Å². The van der Waals surface area contributed by atoms with Crippen molar-refractivity contribution in [2.24, 2.45) is 0 Å². The van der Waals surface area contributed by atoms with Crippen molar-refractivity contribution in [1.82, 2.24) is 0 Å². The third-order valence-electron chi connectivity index (χ3n) is 7.48. The first kappa shape index (κ1) is 18.2. The Balaban J connectivity index is 1.76. The molecule has 4 rings (SSSR count). The van der Waals surface area contributed by atoms with Gasteiger partial charge in [-0.3, -0.25) is 0 Å². The summed E-state index contributed by atoms with van der Waals surface area (Å²) < 4.78 is 0. The second-order valence-corrected chi connectivity index (χ2v) is 9.17. The summed E-state index contributed by atoms with van der Waals surface area (Å²) in [6, 6.07) is 2.35. The van der Waals surface area contributed by atoms with Crippen molar-refractivity contribution in [3.05, 3.63) is 22.8 Å². The van der Waals surface area contributed by atoms with Crippen molar-refractivity contribution < 1.29 is 10.2 Å². The smallest absolute Gasteiger partial charge is 0.161 e. The van der Waals surface area contributed by atoms with Gasteiger partial charge in [-0.05, 0) is 61.8 Å². The highest BCUT2D eigenvalue weighted by Gasteiger charge is 2.31. The van der Waals surface area contributed by atoms with E-state index in [0.29, 0.717) is 17.8 Å². The van der Waals surface area contributed by atoms with Crippen LogP contribution >= 0.6 is 0 Å². The molecule has 0 atom stereocenters. The first-order chi connectivity index (χ1) is 12.8. The van der Waals surface area contributed by atoms with Crippen LogP contribution < -0.4 is 0 Å². The quantitative estimate of drug-likeness (QED) is 0.560. The van der Waals surface area contributed by atoms with Gasteiger partial charge in [-0.15, -0.1) is 0 Å². The van der Waals surface area contributed by atoms with Gasteiger partial charge in [-0.25, -0.2) is 0 Å². The van der Waals surface area contributed by atoms with Crippen molar-refractivity contribution in [1.29, 1.82) is 0 Å². The Kier molecular flexibility index (Phi) is 5.76. The third-order valence-corrected chi connectivity index (χ3v) is 7.48. The fraction of sp³-hybridized carbons (Fsp3) is 0.750. The van der Waals surface area contributed by atoms with Crippen molar-refractivity contribution in [2.75, 3.05) is 0 Å². The zero-order valence-electron chi connectivity index (χ0n) is 16.3. The van der Waals surface area contributed by atoms with Gasteiger partial charge in [-0.2, -0.15) is 0 Å². The van der Waals surface area contributed by atoms with Crippen LogP contribution in [0.15, 0.2) is 6.07 Å². The zero-order chi connectivity index (χ0) is 17.9. The van der Waals surface area contributed by atoms with Crippen LogP contribution in [0.5, 0.6) is 11.5 Å². The van der Waals surface area contributed by atoms with Crippen molar-refractivity contribution in [3.63, 3.8) is 0 Å². The van der Waals surface area contributed by atoms with Crippen LogP contribution in [0.2, 0.25) is 0 Å². The second-order valence-electron chi connectivity index (χ2n) is 9.17. The Morgan fingerprint density at radius 3 is 1.42 bits per heavy atom. The van der Waals surface area contributed by atoms with E-state index in [0.717, 1.165) is 11.1 Å². The summed E-state index contributed by atoms with van der Waals surface area (Å²) in [7, 11) is 0. The van der Waals surface area contributed by atoms with E-state index in [9.17, 15) is 10.2 Å². The monoisotopic (exact) mass is 356 g/mol. The lowest BCUT2D eigenvalue weighted by atomic mass is 9.73. The number of aromatic hydroxyl groups is 2. The molecule has 2 nitrogen and oxygen atoms in total. The molecule has 0 aliphatic heterocycles. The molecule has 2 N–H and O–H groups in total. The standard InChI is InChI=1S/C24H36O2/c25-23-21(18-12-6-2-7-13-18)16-20(17-10-4-1-5-11-17)22(24(23)26)19-14-8-3-9-15-19/h16-19,25-26H,1-15H2. The van der Waals surface area contributed by atoms with Crippen molar-refractivity contribution in [2.45, 2.75) is 114 Å². The summed E-state index contributed by atoms with van der Waals surface area (Å²) in [5.74, 6) is 1.96. The first-order valence-electron chi connectivity index (χ1n) is 11.3.